The second kappa shape index (κ2) is 6.89. The van der Waals surface area contributed by atoms with E-state index >= 15 is 0 Å². The second-order valence-corrected chi connectivity index (χ2v) is 6.79. The first-order valence-corrected chi connectivity index (χ1v) is 8.34. The monoisotopic (exact) mass is 290 g/mol. The first-order valence-electron chi connectivity index (χ1n) is 8.34. The smallest absolute Gasteiger partial charge is 0.102 e. The SMILES string of the molecule is FCCN1CCC2(CC1)CCN(Cc1ccccc1)CC2. The van der Waals surface area contributed by atoms with Gasteiger partial charge in [-0.2, -0.15) is 0 Å². The van der Waals surface area contributed by atoms with E-state index in [0.717, 1.165) is 19.6 Å². The summed E-state index contributed by atoms with van der Waals surface area (Å²) in [7, 11) is 0. The minimum absolute atomic E-state index is 0.197. The number of hydrogen-bond donors (Lipinski definition) is 0. The minimum Gasteiger partial charge on any atom is -0.301 e. The number of halogens is 1. The third kappa shape index (κ3) is 3.83. The van der Waals surface area contributed by atoms with Gasteiger partial charge in [0, 0.05) is 13.1 Å². The van der Waals surface area contributed by atoms with Gasteiger partial charge in [0.2, 0.25) is 0 Å². The molecule has 2 aliphatic rings. The van der Waals surface area contributed by atoms with Crippen LogP contribution in [0.5, 0.6) is 0 Å². The Bertz CT molecular complexity index is 416. The summed E-state index contributed by atoms with van der Waals surface area (Å²) >= 11 is 0. The molecule has 1 spiro atoms. The van der Waals surface area contributed by atoms with Gasteiger partial charge in [-0.15, -0.1) is 0 Å². The van der Waals surface area contributed by atoms with Crippen LogP contribution in [0.1, 0.15) is 31.2 Å². The maximum absolute atomic E-state index is 12.4. The van der Waals surface area contributed by atoms with Gasteiger partial charge >= 0.3 is 0 Å². The van der Waals surface area contributed by atoms with Crippen molar-refractivity contribution in [1.82, 2.24) is 9.80 Å². The van der Waals surface area contributed by atoms with Crippen LogP contribution in [0.4, 0.5) is 4.39 Å². The van der Waals surface area contributed by atoms with Crippen LogP contribution >= 0.6 is 0 Å². The topological polar surface area (TPSA) is 6.48 Å². The number of hydrogen-bond acceptors (Lipinski definition) is 2. The number of benzene rings is 1. The van der Waals surface area contributed by atoms with Crippen LogP contribution in [0.3, 0.4) is 0 Å². The zero-order valence-corrected chi connectivity index (χ0v) is 12.9. The molecule has 2 saturated heterocycles. The van der Waals surface area contributed by atoms with Crippen molar-refractivity contribution in [2.45, 2.75) is 32.2 Å². The van der Waals surface area contributed by atoms with Gasteiger partial charge in [0.25, 0.3) is 0 Å². The van der Waals surface area contributed by atoms with E-state index in [0.29, 0.717) is 12.0 Å². The quantitative estimate of drug-likeness (QED) is 0.839. The fourth-order valence-electron chi connectivity index (χ4n) is 3.90. The Morgan fingerprint density at radius 3 is 2.00 bits per heavy atom. The molecule has 21 heavy (non-hydrogen) atoms. The maximum Gasteiger partial charge on any atom is 0.102 e. The van der Waals surface area contributed by atoms with E-state index in [-0.39, 0.29) is 6.67 Å². The molecule has 2 nitrogen and oxygen atoms in total. The molecule has 3 rings (SSSR count). The van der Waals surface area contributed by atoms with Crippen LogP contribution < -0.4 is 0 Å². The second-order valence-electron chi connectivity index (χ2n) is 6.79. The lowest BCUT2D eigenvalue weighted by Gasteiger charge is -2.46. The fourth-order valence-corrected chi connectivity index (χ4v) is 3.90. The normalized spacial score (nSPS) is 23.5. The highest BCUT2D eigenvalue weighted by molar-refractivity contribution is 5.14. The fraction of sp³-hybridized carbons (Fsp3) is 0.667. The Balaban J connectivity index is 1.47. The van der Waals surface area contributed by atoms with Crippen LogP contribution in [-0.2, 0) is 6.54 Å². The number of rotatable bonds is 4. The van der Waals surface area contributed by atoms with Gasteiger partial charge in [-0.3, -0.25) is 4.90 Å². The first kappa shape index (κ1) is 15.0. The molecule has 0 aliphatic carbocycles. The van der Waals surface area contributed by atoms with Gasteiger partial charge in [-0.1, -0.05) is 30.3 Å². The molecule has 1 aromatic carbocycles. The van der Waals surface area contributed by atoms with Crippen LogP contribution in [0.2, 0.25) is 0 Å². The summed E-state index contributed by atoms with van der Waals surface area (Å²) in [5, 5.41) is 0. The van der Waals surface area contributed by atoms with E-state index in [4.69, 9.17) is 0 Å². The zero-order valence-electron chi connectivity index (χ0n) is 12.9. The molecule has 2 heterocycles. The number of piperidine rings is 2. The Morgan fingerprint density at radius 1 is 0.857 bits per heavy atom. The van der Waals surface area contributed by atoms with Crippen LogP contribution in [-0.4, -0.2) is 49.2 Å². The molecule has 0 radical (unpaired) electrons. The van der Waals surface area contributed by atoms with E-state index in [1.54, 1.807) is 0 Å². The summed E-state index contributed by atoms with van der Waals surface area (Å²) in [4.78, 5) is 4.89. The first-order chi connectivity index (χ1) is 10.3. The largest absolute Gasteiger partial charge is 0.301 e. The number of nitrogens with zero attached hydrogens (tertiary/aromatic N) is 2. The molecule has 116 valence electrons. The van der Waals surface area contributed by atoms with Crippen molar-refractivity contribution in [2.24, 2.45) is 5.41 Å². The highest BCUT2D eigenvalue weighted by Crippen LogP contribution is 2.41. The molecule has 0 bridgehead atoms. The molecular weight excluding hydrogens is 263 g/mol. The molecule has 0 amide bonds. The van der Waals surface area contributed by atoms with Crippen LogP contribution in [0.25, 0.3) is 0 Å². The van der Waals surface area contributed by atoms with Crippen LogP contribution in [0, 0.1) is 5.41 Å². The van der Waals surface area contributed by atoms with Crippen molar-refractivity contribution in [1.29, 1.82) is 0 Å². The third-order valence-corrected chi connectivity index (χ3v) is 5.48. The van der Waals surface area contributed by atoms with Crippen molar-refractivity contribution in [3.63, 3.8) is 0 Å². The Morgan fingerprint density at radius 2 is 1.43 bits per heavy atom. The van der Waals surface area contributed by atoms with E-state index in [2.05, 4.69) is 40.1 Å². The summed E-state index contributed by atoms with van der Waals surface area (Å²) < 4.78 is 12.4. The zero-order chi connectivity index (χ0) is 14.5. The summed E-state index contributed by atoms with van der Waals surface area (Å²) in [5.74, 6) is 0. The maximum atomic E-state index is 12.4. The highest BCUT2D eigenvalue weighted by atomic mass is 19.1. The van der Waals surface area contributed by atoms with E-state index in [1.165, 1.54) is 44.3 Å². The van der Waals surface area contributed by atoms with Crippen molar-refractivity contribution >= 4 is 0 Å². The number of likely N-dealkylation sites (tertiary alicyclic amines) is 2. The lowest BCUT2D eigenvalue weighted by atomic mass is 9.71. The van der Waals surface area contributed by atoms with Crippen molar-refractivity contribution in [3.8, 4) is 0 Å². The summed E-state index contributed by atoms with van der Waals surface area (Å²) in [6, 6.07) is 10.8. The predicted molar refractivity (Wildman–Crippen MR) is 85.0 cm³/mol. The highest BCUT2D eigenvalue weighted by Gasteiger charge is 2.37. The van der Waals surface area contributed by atoms with Crippen molar-refractivity contribution in [2.75, 3.05) is 39.4 Å². The van der Waals surface area contributed by atoms with Crippen molar-refractivity contribution in [3.05, 3.63) is 35.9 Å². The van der Waals surface area contributed by atoms with Gasteiger partial charge in [0.15, 0.2) is 0 Å². The van der Waals surface area contributed by atoms with Gasteiger partial charge in [-0.25, -0.2) is 4.39 Å². The summed E-state index contributed by atoms with van der Waals surface area (Å²) in [6.07, 6.45) is 5.19. The Labute approximate surface area is 127 Å². The molecular formula is C18H27FN2. The Hall–Kier alpha value is -0.930. The van der Waals surface area contributed by atoms with Gasteiger partial charge in [0.1, 0.15) is 6.67 Å². The molecule has 0 N–H and O–H groups in total. The molecule has 0 aromatic heterocycles. The number of alkyl halides is 1. The molecule has 1 aromatic rings. The van der Waals surface area contributed by atoms with Gasteiger partial charge < -0.3 is 4.90 Å². The van der Waals surface area contributed by atoms with Crippen molar-refractivity contribution < 1.29 is 4.39 Å². The molecule has 0 saturated carbocycles. The molecule has 3 heteroatoms. The minimum atomic E-state index is -0.197. The van der Waals surface area contributed by atoms with Gasteiger partial charge in [-0.05, 0) is 62.8 Å². The molecule has 0 atom stereocenters. The molecule has 2 aliphatic heterocycles. The standard InChI is InChI=1S/C18H27FN2/c19-10-15-20-11-6-18(7-12-20)8-13-21(14-9-18)16-17-4-2-1-3-5-17/h1-5H,6-16H2. The molecule has 2 fully saturated rings. The van der Waals surface area contributed by atoms with E-state index in [1.807, 2.05) is 0 Å². The Kier molecular flexibility index (Phi) is 4.91. The average molecular weight is 290 g/mol. The lowest BCUT2D eigenvalue weighted by molar-refractivity contribution is 0.0308. The molecule has 0 unspecified atom stereocenters. The summed E-state index contributed by atoms with van der Waals surface area (Å²) in [5.41, 5.74) is 1.98. The lowest BCUT2D eigenvalue weighted by Crippen LogP contribution is -2.46. The summed E-state index contributed by atoms with van der Waals surface area (Å²) in [6.45, 7) is 6.17. The average Bonchev–Trinajstić information content (AvgIpc) is 2.54. The van der Waals surface area contributed by atoms with Gasteiger partial charge in [0.05, 0.1) is 0 Å². The van der Waals surface area contributed by atoms with E-state index in [9.17, 15) is 4.39 Å². The van der Waals surface area contributed by atoms with E-state index < -0.39 is 0 Å². The predicted octanol–water partition coefficient (Wildman–Crippen LogP) is 3.33. The third-order valence-electron chi connectivity index (χ3n) is 5.48. The van der Waals surface area contributed by atoms with Crippen LogP contribution in [0.15, 0.2) is 30.3 Å².